The molecule has 0 spiro atoms. The van der Waals surface area contributed by atoms with E-state index in [0.29, 0.717) is 29.3 Å². The van der Waals surface area contributed by atoms with Gasteiger partial charge in [0.15, 0.2) is 6.04 Å². The number of aryl methyl sites for hydroxylation is 2. The van der Waals surface area contributed by atoms with Crippen molar-refractivity contribution >= 4 is 22.6 Å². The quantitative estimate of drug-likeness (QED) is 0.618. The van der Waals surface area contributed by atoms with Gasteiger partial charge in [-0.2, -0.15) is 0 Å². The highest BCUT2D eigenvalue weighted by Crippen LogP contribution is 2.24. The molecule has 0 bridgehead atoms. The van der Waals surface area contributed by atoms with Crippen molar-refractivity contribution in [3.8, 4) is 0 Å². The normalized spacial score (nSPS) is 12.7. The Morgan fingerprint density at radius 2 is 1.89 bits per heavy atom. The Kier molecular flexibility index (Phi) is 6.18. The van der Waals surface area contributed by atoms with Crippen molar-refractivity contribution in [2.75, 3.05) is 20.6 Å². The van der Waals surface area contributed by atoms with Crippen molar-refractivity contribution in [1.29, 1.82) is 0 Å². The summed E-state index contributed by atoms with van der Waals surface area (Å²) in [5, 5.41) is 3.47. The molecule has 1 atom stereocenters. The summed E-state index contributed by atoms with van der Waals surface area (Å²) in [5.74, 6) is -0.288. The molecule has 1 heterocycles. The lowest BCUT2D eigenvalue weighted by Crippen LogP contribution is -3.09. The first-order valence-electron chi connectivity index (χ1n) is 9.37. The number of halogens is 2. The van der Waals surface area contributed by atoms with Crippen LogP contribution < -0.4 is 15.8 Å². The number of rotatable bonds is 6. The van der Waals surface area contributed by atoms with Gasteiger partial charge in [0.2, 0.25) is 0 Å². The second-order valence-electron chi connectivity index (χ2n) is 7.52. The third-order valence-corrected chi connectivity index (χ3v) is 5.59. The molecular formula is C22H26ClFN2O2+2. The van der Waals surface area contributed by atoms with Crippen LogP contribution in [0.15, 0.2) is 45.6 Å². The predicted molar refractivity (Wildman–Crippen MR) is 109 cm³/mol. The third-order valence-electron chi connectivity index (χ3n) is 5.26. The molecule has 0 aliphatic rings. The molecule has 3 rings (SSSR count). The van der Waals surface area contributed by atoms with Gasteiger partial charge in [-0.25, -0.2) is 9.18 Å². The van der Waals surface area contributed by atoms with E-state index in [0.717, 1.165) is 27.0 Å². The van der Waals surface area contributed by atoms with Gasteiger partial charge in [0, 0.05) is 17.0 Å². The van der Waals surface area contributed by atoms with Crippen LogP contribution in [0.4, 0.5) is 4.39 Å². The second-order valence-corrected chi connectivity index (χ2v) is 7.92. The molecule has 0 saturated carbocycles. The lowest BCUT2D eigenvalue weighted by molar-refractivity contribution is -0.910. The average molecular weight is 405 g/mol. The number of hydrogen-bond acceptors (Lipinski definition) is 2. The zero-order valence-corrected chi connectivity index (χ0v) is 17.4. The van der Waals surface area contributed by atoms with E-state index < -0.39 is 0 Å². The van der Waals surface area contributed by atoms with Crippen LogP contribution in [0.3, 0.4) is 0 Å². The smallest absolute Gasteiger partial charge is 0.336 e. The summed E-state index contributed by atoms with van der Waals surface area (Å²) in [7, 11) is 3.97. The fraction of sp³-hybridized carbons (Fsp3) is 0.318. The van der Waals surface area contributed by atoms with Gasteiger partial charge in [-0.1, -0.05) is 17.7 Å². The van der Waals surface area contributed by atoms with Crippen LogP contribution in [0.1, 0.15) is 28.3 Å². The Balaban J connectivity index is 1.85. The zero-order valence-electron chi connectivity index (χ0n) is 16.6. The van der Waals surface area contributed by atoms with Crippen molar-refractivity contribution in [2.24, 2.45) is 0 Å². The Morgan fingerprint density at radius 1 is 1.18 bits per heavy atom. The zero-order chi connectivity index (χ0) is 20.4. The van der Waals surface area contributed by atoms with Gasteiger partial charge in [0.05, 0.1) is 24.7 Å². The summed E-state index contributed by atoms with van der Waals surface area (Å²) in [4.78, 5) is 13.1. The number of benzene rings is 2. The summed E-state index contributed by atoms with van der Waals surface area (Å²) in [5.41, 5.74) is 3.93. The number of nitrogens with two attached hydrogens (primary N) is 1. The topological polar surface area (TPSA) is 51.3 Å². The van der Waals surface area contributed by atoms with Crippen LogP contribution in [0.2, 0.25) is 5.02 Å². The standard InChI is InChI=1S/C22H24ClFN2O2/c1-13-8-16-15(10-21(27)28-20(16)9-14(13)2)11-25-12-19(26(3)4)22-17(23)6-5-7-18(22)24/h5-10,19,25H,11-12H2,1-4H3/p+2/t19-/m0/s1. The monoisotopic (exact) mass is 404 g/mol. The van der Waals surface area contributed by atoms with Crippen LogP contribution in [0.5, 0.6) is 0 Å². The van der Waals surface area contributed by atoms with Crippen LogP contribution >= 0.6 is 11.6 Å². The van der Waals surface area contributed by atoms with E-state index in [1.165, 1.54) is 6.07 Å². The first kappa shape index (κ1) is 20.5. The molecule has 0 radical (unpaired) electrons. The molecule has 2 aromatic carbocycles. The van der Waals surface area contributed by atoms with E-state index in [2.05, 4.69) is 11.4 Å². The van der Waals surface area contributed by atoms with Gasteiger partial charge in [0.1, 0.15) is 24.5 Å². The first-order valence-corrected chi connectivity index (χ1v) is 9.75. The van der Waals surface area contributed by atoms with Crippen molar-refractivity contribution in [1.82, 2.24) is 0 Å². The van der Waals surface area contributed by atoms with Gasteiger partial charge in [-0.3, -0.25) is 0 Å². The summed E-state index contributed by atoms with van der Waals surface area (Å²) in [6, 6.07) is 10.2. The second kappa shape index (κ2) is 8.43. The first-order chi connectivity index (χ1) is 13.3. The molecule has 148 valence electrons. The Bertz CT molecular complexity index is 1040. The number of nitrogens with one attached hydrogen (secondary N) is 1. The molecule has 0 fully saturated rings. The maximum atomic E-state index is 14.4. The molecule has 1 aromatic heterocycles. The minimum atomic E-state index is -0.355. The molecule has 0 unspecified atom stereocenters. The lowest BCUT2D eigenvalue weighted by Gasteiger charge is -2.22. The third kappa shape index (κ3) is 4.27. The van der Waals surface area contributed by atoms with Crippen molar-refractivity contribution < 1.29 is 19.0 Å². The van der Waals surface area contributed by atoms with Gasteiger partial charge in [0.25, 0.3) is 0 Å². The van der Waals surface area contributed by atoms with Crippen LogP contribution in [-0.4, -0.2) is 20.6 Å². The fourth-order valence-electron chi connectivity index (χ4n) is 3.54. The van der Waals surface area contributed by atoms with Crippen molar-refractivity contribution in [3.63, 3.8) is 0 Å². The van der Waals surface area contributed by atoms with Gasteiger partial charge in [-0.15, -0.1) is 0 Å². The van der Waals surface area contributed by atoms with E-state index >= 15 is 0 Å². The fourth-order valence-corrected chi connectivity index (χ4v) is 3.84. The maximum absolute atomic E-state index is 14.4. The lowest BCUT2D eigenvalue weighted by atomic mass is 10.0. The summed E-state index contributed by atoms with van der Waals surface area (Å²) in [6.45, 7) is 5.27. The number of hydrogen-bond donors (Lipinski definition) is 2. The molecular weight excluding hydrogens is 379 g/mol. The maximum Gasteiger partial charge on any atom is 0.336 e. The van der Waals surface area contributed by atoms with Crippen LogP contribution in [-0.2, 0) is 6.54 Å². The molecule has 3 aromatic rings. The minimum Gasteiger partial charge on any atom is -0.423 e. The van der Waals surface area contributed by atoms with E-state index in [-0.39, 0.29) is 17.5 Å². The molecule has 3 N–H and O–H groups in total. The average Bonchev–Trinajstić information content (AvgIpc) is 2.61. The Hall–Kier alpha value is -2.21. The summed E-state index contributed by atoms with van der Waals surface area (Å²) >= 11 is 6.27. The summed E-state index contributed by atoms with van der Waals surface area (Å²) in [6.07, 6.45) is 0. The van der Waals surface area contributed by atoms with Crippen molar-refractivity contribution in [2.45, 2.75) is 26.4 Å². The number of likely N-dealkylation sites (N-methyl/N-ethyl adjacent to an activating group) is 1. The SMILES string of the molecule is Cc1cc2oc(=O)cc(C[NH2+]C[C@@H](c3c(F)cccc3Cl)[NH+](C)C)c2cc1C. The predicted octanol–water partition coefficient (Wildman–Crippen LogP) is 2.15. The highest BCUT2D eigenvalue weighted by molar-refractivity contribution is 6.31. The van der Waals surface area contributed by atoms with Crippen LogP contribution in [0, 0.1) is 19.7 Å². The molecule has 6 heteroatoms. The molecule has 0 aliphatic heterocycles. The van der Waals surface area contributed by atoms with E-state index in [4.69, 9.17) is 16.0 Å². The van der Waals surface area contributed by atoms with E-state index in [9.17, 15) is 9.18 Å². The molecule has 0 aliphatic carbocycles. The van der Waals surface area contributed by atoms with E-state index in [1.54, 1.807) is 18.2 Å². The van der Waals surface area contributed by atoms with Crippen molar-refractivity contribution in [3.05, 3.63) is 79.9 Å². The van der Waals surface area contributed by atoms with Gasteiger partial charge < -0.3 is 14.6 Å². The Morgan fingerprint density at radius 3 is 2.57 bits per heavy atom. The largest absolute Gasteiger partial charge is 0.423 e. The molecule has 4 nitrogen and oxygen atoms in total. The highest BCUT2D eigenvalue weighted by atomic mass is 35.5. The highest BCUT2D eigenvalue weighted by Gasteiger charge is 2.26. The molecule has 0 saturated heterocycles. The Labute approximate surface area is 168 Å². The molecule has 28 heavy (non-hydrogen) atoms. The summed E-state index contributed by atoms with van der Waals surface area (Å²) < 4.78 is 19.8. The van der Waals surface area contributed by atoms with Gasteiger partial charge >= 0.3 is 5.63 Å². The molecule has 0 amide bonds. The number of fused-ring (bicyclic) bond motifs is 1. The van der Waals surface area contributed by atoms with E-state index in [1.807, 2.05) is 34.0 Å². The van der Waals surface area contributed by atoms with Crippen LogP contribution in [0.25, 0.3) is 11.0 Å². The minimum absolute atomic E-state index is 0.107. The van der Waals surface area contributed by atoms with Gasteiger partial charge in [-0.05, 0) is 49.2 Å². The number of quaternary nitrogens is 2.